The third-order valence-electron chi connectivity index (χ3n) is 3.94. The van der Waals surface area contributed by atoms with Crippen LogP contribution in [0.5, 0.6) is 0 Å². The zero-order valence-corrected chi connectivity index (χ0v) is 11.8. The van der Waals surface area contributed by atoms with Crippen LogP contribution in [0.15, 0.2) is 30.5 Å². The van der Waals surface area contributed by atoms with Crippen LogP contribution >= 0.6 is 0 Å². The van der Waals surface area contributed by atoms with Crippen molar-refractivity contribution in [1.82, 2.24) is 10.3 Å². The molecule has 0 aliphatic carbocycles. The molecule has 2 heterocycles. The molecule has 102 valence electrons. The number of nitrogens with zero attached hydrogens (tertiary/aromatic N) is 3. The zero-order valence-electron chi connectivity index (χ0n) is 11.8. The van der Waals surface area contributed by atoms with Crippen molar-refractivity contribution in [2.75, 3.05) is 18.0 Å². The van der Waals surface area contributed by atoms with Gasteiger partial charge in [-0.3, -0.25) is 4.98 Å². The molecule has 0 spiro atoms. The number of benzene rings is 1. The average Bonchev–Trinajstić information content (AvgIpc) is 2.49. The van der Waals surface area contributed by atoms with E-state index < -0.39 is 0 Å². The van der Waals surface area contributed by atoms with Crippen molar-refractivity contribution in [3.8, 4) is 6.07 Å². The highest BCUT2D eigenvalue weighted by molar-refractivity contribution is 5.95. The quantitative estimate of drug-likeness (QED) is 0.860. The fraction of sp³-hybridized carbons (Fsp3) is 0.375. The van der Waals surface area contributed by atoms with E-state index in [1.54, 1.807) is 6.20 Å². The van der Waals surface area contributed by atoms with Gasteiger partial charge in [0, 0.05) is 42.4 Å². The lowest BCUT2D eigenvalue weighted by molar-refractivity contribution is 0.426. The topological polar surface area (TPSA) is 52.0 Å². The minimum Gasteiger partial charge on any atom is -0.365 e. The van der Waals surface area contributed by atoms with Gasteiger partial charge in [-0.2, -0.15) is 5.26 Å². The summed E-state index contributed by atoms with van der Waals surface area (Å²) < 4.78 is 0. The Morgan fingerprint density at radius 2 is 2.20 bits per heavy atom. The van der Waals surface area contributed by atoms with Crippen LogP contribution in [-0.2, 0) is 0 Å². The Morgan fingerprint density at radius 3 is 3.00 bits per heavy atom. The normalized spacial score (nSPS) is 22.8. The van der Waals surface area contributed by atoms with E-state index in [0.717, 1.165) is 24.0 Å². The molecule has 4 heteroatoms. The van der Waals surface area contributed by atoms with E-state index in [-0.39, 0.29) is 0 Å². The summed E-state index contributed by atoms with van der Waals surface area (Å²) in [4.78, 5) is 6.80. The molecule has 0 saturated carbocycles. The third kappa shape index (κ3) is 2.10. The third-order valence-corrected chi connectivity index (χ3v) is 3.94. The Hall–Kier alpha value is -2.12. The number of hydrogen-bond acceptors (Lipinski definition) is 4. The SMILES string of the molecule is C[C@@H]1CN(c2ccc(C#N)c3ncccc23)[C@@H](C)CN1. The highest BCUT2D eigenvalue weighted by Crippen LogP contribution is 2.30. The van der Waals surface area contributed by atoms with Gasteiger partial charge in [-0.1, -0.05) is 0 Å². The zero-order chi connectivity index (χ0) is 14.1. The van der Waals surface area contributed by atoms with Gasteiger partial charge in [-0.15, -0.1) is 0 Å². The predicted octanol–water partition coefficient (Wildman–Crippen LogP) is 2.29. The van der Waals surface area contributed by atoms with Crippen LogP contribution in [0.25, 0.3) is 10.9 Å². The molecule has 1 N–H and O–H groups in total. The molecule has 0 bridgehead atoms. The molecule has 1 fully saturated rings. The molecule has 3 rings (SSSR count). The van der Waals surface area contributed by atoms with Crippen molar-refractivity contribution < 1.29 is 0 Å². The Morgan fingerprint density at radius 1 is 1.35 bits per heavy atom. The Bertz CT molecular complexity index is 674. The second-order valence-corrected chi connectivity index (χ2v) is 5.45. The average molecular weight is 266 g/mol. The highest BCUT2D eigenvalue weighted by atomic mass is 15.2. The monoisotopic (exact) mass is 266 g/mol. The molecule has 1 aliphatic rings. The maximum absolute atomic E-state index is 9.22. The van der Waals surface area contributed by atoms with Gasteiger partial charge >= 0.3 is 0 Å². The summed E-state index contributed by atoms with van der Waals surface area (Å²) in [7, 11) is 0. The van der Waals surface area contributed by atoms with Gasteiger partial charge in [0.15, 0.2) is 0 Å². The second-order valence-electron chi connectivity index (χ2n) is 5.45. The Kier molecular flexibility index (Phi) is 3.29. The van der Waals surface area contributed by atoms with Crippen LogP contribution in [-0.4, -0.2) is 30.2 Å². The number of fused-ring (bicyclic) bond motifs is 1. The largest absolute Gasteiger partial charge is 0.365 e. The van der Waals surface area contributed by atoms with Crippen molar-refractivity contribution in [3.63, 3.8) is 0 Å². The lowest BCUT2D eigenvalue weighted by atomic mass is 10.0. The van der Waals surface area contributed by atoms with Crippen LogP contribution in [0.4, 0.5) is 5.69 Å². The van der Waals surface area contributed by atoms with E-state index >= 15 is 0 Å². The van der Waals surface area contributed by atoms with E-state index in [1.165, 1.54) is 5.69 Å². The first-order valence-corrected chi connectivity index (χ1v) is 6.98. The molecule has 2 aromatic rings. The van der Waals surface area contributed by atoms with Crippen molar-refractivity contribution in [1.29, 1.82) is 5.26 Å². The summed E-state index contributed by atoms with van der Waals surface area (Å²) >= 11 is 0. The minimum atomic E-state index is 0.433. The lowest BCUT2D eigenvalue weighted by Crippen LogP contribution is -2.54. The standard InChI is InChI=1S/C16H18N4/c1-11-10-20(12(2)9-19-11)15-6-5-13(8-17)16-14(15)4-3-7-18-16/h3-7,11-12,19H,9-10H2,1-2H3/t11-,12+/m1/s1. The first kappa shape index (κ1) is 12.9. The molecule has 2 atom stereocenters. The van der Waals surface area contributed by atoms with Gasteiger partial charge in [0.25, 0.3) is 0 Å². The number of aromatic nitrogens is 1. The van der Waals surface area contributed by atoms with E-state index in [0.29, 0.717) is 17.6 Å². The van der Waals surface area contributed by atoms with Crippen molar-refractivity contribution in [2.24, 2.45) is 0 Å². The van der Waals surface area contributed by atoms with Gasteiger partial charge in [-0.05, 0) is 38.1 Å². The van der Waals surface area contributed by atoms with E-state index in [2.05, 4.69) is 47.3 Å². The lowest BCUT2D eigenvalue weighted by Gasteiger charge is -2.39. The molecule has 4 nitrogen and oxygen atoms in total. The van der Waals surface area contributed by atoms with E-state index in [1.807, 2.05) is 12.1 Å². The Labute approximate surface area is 119 Å². The van der Waals surface area contributed by atoms with E-state index in [9.17, 15) is 5.26 Å². The number of pyridine rings is 1. The van der Waals surface area contributed by atoms with Crippen LogP contribution < -0.4 is 10.2 Å². The summed E-state index contributed by atoms with van der Waals surface area (Å²) in [6, 6.07) is 11.0. The first-order chi connectivity index (χ1) is 9.70. The molecule has 1 aliphatic heterocycles. The molecule has 1 aromatic carbocycles. The Balaban J connectivity index is 2.15. The second kappa shape index (κ2) is 5.10. The van der Waals surface area contributed by atoms with Gasteiger partial charge in [0.1, 0.15) is 6.07 Å². The van der Waals surface area contributed by atoms with E-state index in [4.69, 9.17) is 0 Å². The van der Waals surface area contributed by atoms with Crippen LogP contribution in [0.3, 0.4) is 0 Å². The summed E-state index contributed by atoms with van der Waals surface area (Å²) in [5.41, 5.74) is 2.61. The summed E-state index contributed by atoms with van der Waals surface area (Å²) in [6.45, 7) is 6.36. The maximum Gasteiger partial charge on any atom is 0.101 e. The molecule has 20 heavy (non-hydrogen) atoms. The van der Waals surface area contributed by atoms with Gasteiger partial charge in [-0.25, -0.2) is 0 Å². The molecule has 1 saturated heterocycles. The van der Waals surface area contributed by atoms with Crippen molar-refractivity contribution in [3.05, 3.63) is 36.0 Å². The number of anilines is 1. The molecular weight excluding hydrogens is 248 g/mol. The predicted molar refractivity (Wildman–Crippen MR) is 80.7 cm³/mol. The molecular formula is C16H18N4. The minimum absolute atomic E-state index is 0.433. The number of nitriles is 1. The molecule has 0 amide bonds. The van der Waals surface area contributed by atoms with Crippen LogP contribution in [0.2, 0.25) is 0 Å². The summed E-state index contributed by atoms with van der Waals surface area (Å²) in [5, 5.41) is 13.8. The number of hydrogen-bond donors (Lipinski definition) is 1. The maximum atomic E-state index is 9.22. The fourth-order valence-electron chi connectivity index (χ4n) is 2.86. The summed E-state index contributed by atoms with van der Waals surface area (Å²) in [6.07, 6.45) is 1.75. The smallest absolute Gasteiger partial charge is 0.101 e. The van der Waals surface area contributed by atoms with Crippen LogP contribution in [0.1, 0.15) is 19.4 Å². The number of piperazine rings is 1. The highest BCUT2D eigenvalue weighted by Gasteiger charge is 2.24. The van der Waals surface area contributed by atoms with Crippen molar-refractivity contribution in [2.45, 2.75) is 25.9 Å². The number of rotatable bonds is 1. The molecule has 0 unspecified atom stereocenters. The van der Waals surface area contributed by atoms with Crippen LogP contribution in [0, 0.1) is 11.3 Å². The van der Waals surface area contributed by atoms with Gasteiger partial charge in [0.05, 0.1) is 11.1 Å². The molecule has 1 aromatic heterocycles. The number of nitrogens with one attached hydrogen (secondary N) is 1. The van der Waals surface area contributed by atoms with Gasteiger partial charge < -0.3 is 10.2 Å². The van der Waals surface area contributed by atoms with Gasteiger partial charge in [0.2, 0.25) is 0 Å². The summed E-state index contributed by atoms with van der Waals surface area (Å²) in [5.74, 6) is 0. The molecule has 0 radical (unpaired) electrons. The van der Waals surface area contributed by atoms with Crippen molar-refractivity contribution >= 4 is 16.6 Å². The first-order valence-electron chi connectivity index (χ1n) is 6.98. The fourth-order valence-corrected chi connectivity index (χ4v) is 2.86.